The molecular formula is C13H16ClNO4S. The van der Waals surface area contributed by atoms with E-state index < -0.39 is 15.8 Å². The summed E-state index contributed by atoms with van der Waals surface area (Å²) in [5.74, 6) is -1.06. The smallest absolute Gasteiger partial charge is 0.328 e. The molecule has 0 fully saturated rings. The SMILES string of the molecule is CN(CCS(C)(=O)=O)c1c(Cl)cccc1/C=C/C(=O)O. The second-order valence-corrected chi connectivity index (χ2v) is 7.07. The molecule has 1 aromatic carbocycles. The van der Waals surface area contributed by atoms with Gasteiger partial charge in [-0.05, 0) is 17.7 Å². The van der Waals surface area contributed by atoms with E-state index in [9.17, 15) is 13.2 Å². The summed E-state index contributed by atoms with van der Waals surface area (Å²) in [6.07, 6.45) is 3.61. The molecule has 1 aromatic rings. The van der Waals surface area contributed by atoms with Crippen molar-refractivity contribution in [3.8, 4) is 0 Å². The van der Waals surface area contributed by atoms with Gasteiger partial charge in [0.15, 0.2) is 0 Å². The lowest BCUT2D eigenvalue weighted by Crippen LogP contribution is -2.25. The quantitative estimate of drug-likeness (QED) is 0.811. The van der Waals surface area contributed by atoms with Crippen LogP contribution in [0.3, 0.4) is 0 Å². The van der Waals surface area contributed by atoms with Gasteiger partial charge in [-0.1, -0.05) is 23.7 Å². The number of aliphatic carboxylic acids is 1. The summed E-state index contributed by atoms with van der Waals surface area (Å²) in [5, 5.41) is 9.11. The van der Waals surface area contributed by atoms with Gasteiger partial charge in [0.05, 0.1) is 16.5 Å². The highest BCUT2D eigenvalue weighted by Gasteiger charge is 2.12. The zero-order valence-corrected chi connectivity index (χ0v) is 12.8. The minimum atomic E-state index is -3.08. The van der Waals surface area contributed by atoms with Gasteiger partial charge in [0.25, 0.3) is 0 Å². The molecule has 1 rings (SSSR count). The number of hydrogen-bond acceptors (Lipinski definition) is 4. The molecule has 5 nitrogen and oxygen atoms in total. The molecule has 0 saturated heterocycles. The number of rotatable bonds is 6. The number of carboxylic acids is 1. The van der Waals surface area contributed by atoms with Gasteiger partial charge in [0.1, 0.15) is 9.84 Å². The second-order valence-electron chi connectivity index (χ2n) is 4.40. The van der Waals surface area contributed by atoms with Crippen LogP contribution >= 0.6 is 11.6 Å². The van der Waals surface area contributed by atoms with E-state index in [4.69, 9.17) is 16.7 Å². The molecule has 0 aliphatic heterocycles. The summed E-state index contributed by atoms with van der Waals surface area (Å²) in [7, 11) is -1.36. The van der Waals surface area contributed by atoms with Crippen molar-refractivity contribution < 1.29 is 18.3 Å². The van der Waals surface area contributed by atoms with Crippen molar-refractivity contribution in [2.75, 3.05) is 30.5 Å². The first kappa shape index (κ1) is 16.5. The Bertz CT molecular complexity index is 625. The van der Waals surface area contributed by atoms with E-state index in [1.54, 1.807) is 30.1 Å². The van der Waals surface area contributed by atoms with Crippen LogP contribution in [-0.2, 0) is 14.6 Å². The first-order valence-corrected chi connectivity index (χ1v) is 8.23. The molecule has 0 aromatic heterocycles. The Morgan fingerprint density at radius 2 is 2.10 bits per heavy atom. The first-order chi connectivity index (χ1) is 9.20. The molecule has 0 bridgehead atoms. The van der Waals surface area contributed by atoms with Crippen molar-refractivity contribution in [2.45, 2.75) is 0 Å². The summed E-state index contributed by atoms with van der Waals surface area (Å²) in [5.41, 5.74) is 1.23. The topological polar surface area (TPSA) is 74.7 Å². The zero-order valence-electron chi connectivity index (χ0n) is 11.2. The van der Waals surface area contributed by atoms with E-state index in [-0.39, 0.29) is 12.3 Å². The summed E-state index contributed by atoms with van der Waals surface area (Å²) in [6.45, 7) is 0.274. The molecule has 7 heteroatoms. The summed E-state index contributed by atoms with van der Waals surface area (Å²) >= 11 is 6.12. The van der Waals surface area contributed by atoms with Crippen molar-refractivity contribution >= 4 is 39.2 Å². The summed E-state index contributed by atoms with van der Waals surface area (Å²) < 4.78 is 22.4. The molecule has 0 saturated carbocycles. The van der Waals surface area contributed by atoms with E-state index in [2.05, 4.69) is 0 Å². The van der Waals surface area contributed by atoms with Gasteiger partial charge in [0.2, 0.25) is 0 Å². The number of sulfone groups is 1. The van der Waals surface area contributed by atoms with E-state index in [0.29, 0.717) is 16.3 Å². The van der Waals surface area contributed by atoms with Gasteiger partial charge in [-0.25, -0.2) is 13.2 Å². The van der Waals surface area contributed by atoms with Gasteiger partial charge in [-0.2, -0.15) is 0 Å². The third-order valence-electron chi connectivity index (χ3n) is 2.60. The van der Waals surface area contributed by atoms with Gasteiger partial charge >= 0.3 is 5.97 Å². The van der Waals surface area contributed by atoms with Crippen LogP contribution in [0.5, 0.6) is 0 Å². The number of carboxylic acid groups (broad SMARTS) is 1. The van der Waals surface area contributed by atoms with E-state index in [1.165, 1.54) is 12.3 Å². The highest BCUT2D eigenvalue weighted by atomic mass is 35.5. The second kappa shape index (κ2) is 6.76. The highest BCUT2D eigenvalue weighted by molar-refractivity contribution is 7.90. The van der Waals surface area contributed by atoms with Crippen LogP contribution in [0.15, 0.2) is 24.3 Å². The first-order valence-electron chi connectivity index (χ1n) is 5.79. The fourth-order valence-corrected chi connectivity index (χ4v) is 2.58. The van der Waals surface area contributed by atoms with Crippen molar-refractivity contribution in [1.29, 1.82) is 0 Å². The Labute approximate surface area is 123 Å². The molecule has 0 amide bonds. The normalized spacial score (nSPS) is 11.8. The maximum Gasteiger partial charge on any atom is 0.328 e. The van der Waals surface area contributed by atoms with Crippen LogP contribution in [0.25, 0.3) is 6.08 Å². The number of halogens is 1. The van der Waals surface area contributed by atoms with Crippen molar-refractivity contribution in [3.63, 3.8) is 0 Å². The van der Waals surface area contributed by atoms with Crippen LogP contribution in [0.1, 0.15) is 5.56 Å². The Morgan fingerprint density at radius 3 is 2.65 bits per heavy atom. The number of nitrogens with zero attached hydrogens (tertiary/aromatic N) is 1. The minimum absolute atomic E-state index is 0.00317. The van der Waals surface area contributed by atoms with E-state index in [0.717, 1.165) is 6.08 Å². The predicted octanol–water partition coefficient (Wildman–Crippen LogP) is 1.92. The van der Waals surface area contributed by atoms with Crippen molar-refractivity contribution in [3.05, 3.63) is 34.9 Å². The molecule has 0 heterocycles. The van der Waals surface area contributed by atoms with Gasteiger partial charge < -0.3 is 10.0 Å². The largest absolute Gasteiger partial charge is 0.478 e. The molecule has 20 heavy (non-hydrogen) atoms. The highest BCUT2D eigenvalue weighted by Crippen LogP contribution is 2.30. The van der Waals surface area contributed by atoms with Crippen LogP contribution in [0.4, 0.5) is 5.69 Å². The summed E-state index contributed by atoms with van der Waals surface area (Å²) in [6, 6.07) is 5.10. The fourth-order valence-electron chi connectivity index (χ4n) is 1.64. The third-order valence-corrected chi connectivity index (χ3v) is 3.83. The van der Waals surface area contributed by atoms with Crippen molar-refractivity contribution in [2.24, 2.45) is 0 Å². The molecule has 0 aliphatic rings. The molecule has 0 radical (unpaired) electrons. The minimum Gasteiger partial charge on any atom is -0.478 e. The number of anilines is 1. The Hall–Kier alpha value is -1.53. The van der Waals surface area contributed by atoms with Crippen LogP contribution < -0.4 is 4.90 Å². The third kappa shape index (κ3) is 5.22. The lowest BCUT2D eigenvalue weighted by atomic mass is 10.1. The van der Waals surface area contributed by atoms with Crippen molar-refractivity contribution in [1.82, 2.24) is 0 Å². The van der Waals surface area contributed by atoms with Gasteiger partial charge in [-0.3, -0.25) is 0 Å². The summed E-state index contributed by atoms with van der Waals surface area (Å²) in [4.78, 5) is 12.3. The number of carbonyl (C=O) groups is 1. The molecule has 0 unspecified atom stereocenters. The van der Waals surface area contributed by atoms with Crippen LogP contribution in [0.2, 0.25) is 5.02 Å². The molecule has 0 atom stereocenters. The lowest BCUT2D eigenvalue weighted by Gasteiger charge is -2.22. The number of hydrogen-bond donors (Lipinski definition) is 1. The molecule has 110 valence electrons. The average molecular weight is 318 g/mol. The average Bonchev–Trinajstić information content (AvgIpc) is 2.32. The monoisotopic (exact) mass is 317 g/mol. The molecule has 0 spiro atoms. The van der Waals surface area contributed by atoms with Gasteiger partial charge in [0, 0.05) is 25.9 Å². The maximum absolute atomic E-state index is 11.2. The van der Waals surface area contributed by atoms with E-state index >= 15 is 0 Å². The Kier molecular flexibility index (Phi) is 5.59. The van der Waals surface area contributed by atoms with Gasteiger partial charge in [-0.15, -0.1) is 0 Å². The Morgan fingerprint density at radius 1 is 1.45 bits per heavy atom. The maximum atomic E-state index is 11.2. The molecular weight excluding hydrogens is 302 g/mol. The van der Waals surface area contributed by atoms with Crippen LogP contribution in [0, 0.1) is 0 Å². The number of para-hydroxylation sites is 1. The lowest BCUT2D eigenvalue weighted by molar-refractivity contribution is -0.131. The number of benzene rings is 1. The Balaban J connectivity index is 3.06. The molecule has 0 aliphatic carbocycles. The van der Waals surface area contributed by atoms with Crippen LogP contribution in [-0.4, -0.2) is 45.1 Å². The zero-order chi connectivity index (χ0) is 15.3. The predicted molar refractivity (Wildman–Crippen MR) is 81.1 cm³/mol. The molecule has 1 N–H and O–H groups in total. The standard InChI is InChI=1S/C13H16ClNO4S/c1-15(8-9-20(2,18)19)13-10(6-7-12(16)17)4-3-5-11(13)14/h3-7H,8-9H2,1-2H3,(H,16,17)/b7-6+. The fraction of sp³-hybridized carbons (Fsp3) is 0.308. The van der Waals surface area contributed by atoms with E-state index in [1.807, 2.05) is 0 Å².